The summed E-state index contributed by atoms with van der Waals surface area (Å²) in [5, 5.41) is 18.6. The zero-order valence-corrected chi connectivity index (χ0v) is 11.0. The van der Waals surface area contributed by atoms with E-state index in [4.69, 9.17) is 0 Å². The van der Waals surface area contributed by atoms with Crippen LogP contribution >= 0.6 is 0 Å². The second-order valence-corrected chi connectivity index (χ2v) is 4.97. The fraction of sp³-hybridized carbons (Fsp3) is 0.333. The highest BCUT2D eigenvalue weighted by Crippen LogP contribution is 2.23. The molecule has 1 amide bonds. The lowest BCUT2D eigenvalue weighted by molar-refractivity contribution is -0.148. The maximum atomic E-state index is 11.9. The molecule has 0 aromatic heterocycles. The summed E-state index contributed by atoms with van der Waals surface area (Å²) < 4.78 is 0. The molecule has 0 aliphatic carbocycles. The Morgan fingerprint density at radius 3 is 2.60 bits per heavy atom. The molecule has 2 rings (SSSR count). The van der Waals surface area contributed by atoms with Gasteiger partial charge in [0.25, 0.3) is 0 Å². The van der Waals surface area contributed by atoms with Gasteiger partial charge in [-0.2, -0.15) is 0 Å². The molecule has 1 aromatic rings. The van der Waals surface area contributed by atoms with E-state index < -0.39 is 12.0 Å². The van der Waals surface area contributed by atoms with Crippen LogP contribution in [0.4, 0.5) is 0 Å². The number of likely N-dealkylation sites (tertiary alicyclic amines) is 1. The minimum absolute atomic E-state index is 0.0177. The minimum Gasteiger partial charge on any atom is -0.508 e. The van der Waals surface area contributed by atoms with E-state index in [1.165, 1.54) is 17.0 Å². The number of benzene rings is 1. The van der Waals surface area contributed by atoms with E-state index in [9.17, 15) is 19.8 Å². The van der Waals surface area contributed by atoms with Crippen molar-refractivity contribution in [2.24, 2.45) is 5.92 Å². The topological polar surface area (TPSA) is 77.8 Å². The van der Waals surface area contributed by atoms with Crippen LogP contribution in [0.2, 0.25) is 0 Å². The Kier molecular flexibility index (Phi) is 4.08. The van der Waals surface area contributed by atoms with E-state index in [-0.39, 0.29) is 24.0 Å². The molecule has 2 unspecified atom stereocenters. The zero-order valence-electron chi connectivity index (χ0n) is 11.0. The van der Waals surface area contributed by atoms with Crippen molar-refractivity contribution >= 4 is 11.9 Å². The fourth-order valence-electron chi connectivity index (χ4n) is 2.41. The summed E-state index contributed by atoms with van der Waals surface area (Å²) in [7, 11) is 0. The number of carbonyl (C=O) groups excluding carboxylic acids is 1. The third-order valence-electron chi connectivity index (χ3n) is 3.55. The standard InChI is InChI=1S/C15H17NO4/c1-2-10-8-14(18)16(9-10)13(15(19)20)7-11-3-5-12(17)6-4-11/h2-6,10,13,17H,1,7-9H2,(H,19,20). The van der Waals surface area contributed by atoms with Crippen molar-refractivity contribution in [1.82, 2.24) is 4.90 Å². The Morgan fingerprint density at radius 2 is 2.10 bits per heavy atom. The molecule has 2 atom stereocenters. The molecule has 1 aromatic carbocycles. The predicted molar refractivity (Wildman–Crippen MR) is 73.3 cm³/mol. The molecule has 0 bridgehead atoms. The SMILES string of the molecule is C=CC1CC(=O)N(C(Cc2ccc(O)cc2)C(=O)O)C1. The molecule has 5 nitrogen and oxygen atoms in total. The molecule has 0 saturated carbocycles. The van der Waals surface area contributed by atoms with E-state index >= 15 is 0 Å². The van der Waals surface area contributed by atoms with E-state index in [0.29, 0.717) is 13.0 Å². The Bertz CT molecular complexity index is 523. The highest BCUT2D eigenvalue weighted by molar-refractivity contribution is 5.85. The average Bonchev–Trinajstić information content (AvgIpc) is 2.79. The molecule has 1 fully saturated rings. The third kappa shape index (κ3) is 2.99. The van der Waals surface area contributed by atoms with Gasteiger partial charge in [0, 0.05) is 25.3 Å². The second kappa shape index (κ2) is 5.77. The highest BCUT2D eigenvalue weighted by Gasteiger charge is 2.36. The smallest absolute Gasteiger partial charge is 0.326 e. The summed E-state index contributed by atoms with van der Waals surface area (Å²) in [6.45, 7) is 4.06. The first kappa shape index (κ1) is 14.1. The van der Waals surface area contributed by atoms with Gasteiger partial charge in [-0.05, 0) is 17.7 Å². The van der Waals surface area contributed by atoms with Crippen LogP contribution in [-0.2, 0) is 16.0 Å². The molecule has 0 radical (unpaired) electrons. The van der Waals surface area contributed by atoms with Gasteiger partial charge in [-0.3, -0.25) is 4.79 Å². The van der Waals surface area contributed by atoms with Crippen LogP contribution in [0, 0.1) is 5.92 Å². The van der Waals surface area contributed by atoms with Crippen LogP contribution in [0.3, 0.4) is 0 Å². The number of phenolic OH excluding ortho intramolecular Hbond substituents is 1. The van der Waals surface area contributed by atoms with E-state index in [2.05, 4.69) is 6.58 Å². The monoisotopic (exact) mass is 275 g/mol. The number of carbonyl (C=O) groups is 2. The lowest BCUT2D eigenvalue weighted by atomic mass is 10.0. The average molecular weight is 275 g/mol. The van der Waals surface area contributed by atoms with Crippen molar-refractivity contribution in [2.45, 2.75) is 18.9 Å². The van der Waals surface area contributed by atoms with Crippen LogP contribution in [0.1, 0.15) is 12.0 Å². The van der Waals surface area contributed by atoms with Gasteiger partial charge in [0.15, 0.2) is 0 Å². The number of aliphatic carboxylic acids is 1. The molecule has 1 aliphatic heterocycles. The summed E-state index contributed by atoms with van der Waals surface area (Å²) in [4.78, 5) is 24.7. The molecule has 0 spiro atoms. The zero-order chi connectivity index (χ0) is 14.7. The molecular formula is C15H17NO4. The van der Waals surface area contributed by atoms with Gasteiger partial charge in [-0.15, -0.1) is 6.58 Å². The van der Waals surface area contributed by atoms with Crippen LogP contribution in [-0.4, -0.2) is 39.6 Å². The Labute approximate surface area is 117 Å². The second-order valence-electron chi connectivity index (χ2n) is 4.97. The molecule has 2 N–H and O–H groups in total. The van der Waals surface area contributed by atoms with Crippen molar-refractivity contribution in [3.8, 4) is 5.75 Å². The summed E-state index contributed by atoms with van der Waals surface area (Å²) in [6, 6.07) is 5.46. The van der Waals surface area contributed by atoms with Gasteiger partial charge in [0.05, 0.1) is 0 Å². The van der Waals surface area contributed by atoms with Crippen LogP contribution in [0.5, 0.6) is 5.75 Å². The number of hydrogen-bond donors (Lipinski definition) is 2. The normalized spacial score (nSPS) is 19.9. The Morgan fingerprint density at radius 1 is 1.45 bits per heavy atom. The molecule has 1 saturated heterocycles. The van der Waals surface area contributed by atoms with Crippen molar-refractivity contribution in [2.75, 3.05) is 6.54 Å². The molecule has 1 heterocycles. The first-order chi connectivity index (χ1) is 9.51. The number of hydrogen-bond acceptors (Lipinski definition) is 3. The molecule has 5 heteroatoms. The lowest BCUT2D eigenvalue weighted by Gasteiger charge is -2.24. The lowest BCUT2D eigenvalue weighted by Crippen LogP contribution is -2.43. The number of aromatic hydroxyl groups is 1. The van der Waals surface area contributed by atoms with E-state index in [0.717, 1.165) is 5.56 Å². The van der Waals surface area contributed by atoms with Gasteiger partial charge in [0.1, 0.15) is 11.8 Å². The largest absolute Gasteiger partial charge is 0.508 e. The third-order valence-corrected chi connectivity index (χ3v) is 3.55. The molecular weight excluding hydrogens is 258 g/mol. The first-order valence-electron chi connectivity index (χ1n) is 6.44. The number of carboxylic acid groups (broad SMARTS) is 1. The number of phenols is 1. The number of carboxylic acids is 1. The van der Waals surface area contributed by atoms with Crippen LogP contribution in [0.15, 0.2) is 36.9 Å². The minimum atomic E-state index is -1.02. The van der Waals surface area contributed by atoms with Crippen molar-refractivity contribution in [1.29, 1.82) is 0 Å². The van der Waals surface area contributed by atoms with Gasteiger partial charge in [-0.25, -0.2) is 4.79 Å². The van der Waals surface area contributed by atoms with E-state index in [1.54, 1.807) is 18.2 Å². The maximum absolute atomic E-state index is 11.9. The maximum Gasteiger partial charge on any atom is 0.326 e. The van der Waals surface area contributed by atoms with E-state index in [1.807, 2.05) is 0 Å². The van der Waals surface area contributed by atoms with Gasteiger partial charge in [-0.1, -0.05) is 18.2 Å². The van der Waals surface area contributed by atoms with Crippen molar-refractivity contribution in [3.05, 3.63) is 42.5 Å². The number of amides is 1. The highest BCUT2D eigenvalue weighted by atomic mass is 16.4. The molecule has 20 heavy (non-hydrogen) atoms. The van der Waals surface area contributed by atoms with Gasteiger partial charge in [0.2, 0.25) is 5.91 Å². The van der Waals surface area contributed by atoms with Crippen LogP contribution < -0.4 is 0 Å². The first-order valence-corrected chi connectivity index (χ1v) is 6.44. The summed E-state index contributed by atoms with van der Waals surface area (Å²) in [6.07, 6.45) is 2.24. The van der Waals surface area contributed by atoms with Gasteiger partial charge >= 0.3 is 5.97 Å². The summed E-state index contributed by atoms with van der Waals surface area (Å²) >= 11 is 0. The Balaban J connectivity index is 2.15. The number of rotatable bonds is 5. The molecule has 1 aliphatic rings. The Hall–Kier alpha value is -2.30. The van der Waals surface area contributed by atoms with Crippen LogP contribution in [0.25, 0.3) is 0 Å². The number of nitrogens with zero attached hydrogens (tertiary/aromatic N) is 1. The quantitative estimate of drug-likeness (QED) is 0.797. The fourth-order valence-corrected chi connectivity index (χ4v) is 2.41. The predicted octanol–water partition coefficient (Wildman–Crippen LogP) is 1.42. The van der Waals surface area contributed by atoms with Gasteiger partial charge < -0.3 is 15.1 Å². The summed E-state index contributed by atoms with van der Waals surface area (Å²) in [5.74, 6) is -1.02. The van der Waals surface area contributed by atoms with Crippen molar-refractivity contribution < 1.29 is 19.8 Å². The molecule has 106 valence electrons. The summed E-state index contributed by atoms with van der Waals surface area (Å²) in [5.41, 5.74) is 0.769. The van der Waals surface area contributed by atoms with Crippen molar-refractivity contribution in [3.63, 3.8) is 0 Å².